The minimum atomic E-state index is -3.55. The summed E-state index contributed by atoms with van der Waals surface area (Å²) in [6.07, 6.45) is 0. The maximum Gasteiger partial charge on any atom is 0.268 e. The maximum absolute atomic E-state index is 13.4. The molecule has 2 aromatic rings. The third-order valence-corrected chi connectivity index (χ3v) is 5.81. The van der Waals surface area contributed by atoms with Gasteiger partial charge in [0.2, 0.25) is 0 Å². The van der Waals surface area contributed by atoms with Gasteiger partial charge in [0.1, 0.15) is 11.5 Å². The Hall–Kier alpha value is -1.77. The molecule has 2 aromatic carbocycles. The second-order valence-corrected chi connectivity index (χ2v) is 7.28. The Bertz CT molecular complexity index is 654. The molecule has 0 aromatic heterocycles. The minimum absolute atomic E-state index is 0.0988. The molecule has 5 heteroatoms. The SMILES string of the molecule is CCOP(=O)(c1cc(C)ccc1O)c1cc(C)ccc1O. The van der Waals surface area contributed by atoms with E-state index in [2.05, 4.69) is 0 Å². The molecule has 0 unspecified atom stereocenters. The van der Waals surface area contributed by atoms with Gasteiger partial charge in [0.15, 0.2) is 0 Å². The topological polar surface area (TPSA) is 66.8 Å². The Kier molecular flexibility index (Phi) is 4.40. The van der Waals surface area contributed by atoms with Gasteiger partial charge in [0.25, 0.3) is 7.37 Å². The van der Waals surface area contributed by atoms with Gasteiger partial charge in [0.05, 0.1) is 17.2 Å². The zero-order valence-electron chi connectivity index (χ0n) is 12.3. The first-order chi connectivity index (χ1) is 9.88. The normalized spacial score (nSPS) is 11.6. The summed E-state index contributed by atoms with van der Waals surface area (Å²) in [5, 5.41) is 20.6. The van der Waals surface area contributed by atoms with Crippen molar-refractivity contribution in [3.05, 3.63) is 47.5 Å². The molecule has 0 aliphatic rings. The first-order valence-corrected chi connectivity index (χ1v) is 8.36. The molecule has 21 heavy (non-hydrogen) atoms. The highest BCUT2D eigenvalue weighted by Gasteiger charge is 2.34. The summed E-state index contributed by atoms with van der Waals surface area (Å²) in [6.45, 7) is 5.62. The fourth-order valence-corrected chi connectivity index (χ4v) is 4.59. The van der Waals surface area contributed by atoms with Gasteiger partial charge in [0, 0.05) is 0 Å². The third-order valence-electron chi connectivity index (χ3n) is 3.21. The average Bonchev–Trinajstić information content (AvgIpc) is 2.44. The standard InChI is InChI=1S/C16H19O4P/c1-4-20-21(19,15-9-11(2)5-7-13(15)17)16-10-12(3)6-8-14(16)18/h5-10,17-18H,4H2,1-3H3. The van der Waals surface area contributed by atoms with Gasteiger partial charge in [-0.3, -0.25) is 4.57 Å². The summed E-state index contributed by atoms with van der Waals surface area (Å²) < 4.78 is 18.9. The van der Waals surface area contributed by atoms with E-state index < -0.39 is 7.37 Å². The van der Waals surface area contributed by atoms with E-state index in [0.717, 1.165) is 11.1 Å². The lowest BCUT2D eigenvalue weighted by Crippen LogP contribution is -2.20. The molecule has 4 nitrogen and oxygen atoms in total. The number of rotatable bonds is 4. The Morgan fingerprint density at radius 3 is 1.76 bits per heavy atom. The van der Waals surface area contributed by atoms with E-state index in [9.17, 15) is 14.8 Å². The van der Waals surface area contributed by atoms with Gasteiger partial charge in [-0.15, -0.1) is 0 Å². The minimum Gasteiger partial charge on any atom is -0.507 e. The fraction of sp³-hybridized carbons (Fsp3) is 0.250. The molecule has 2 rings (SSSR count). The predicted molar refractivity (Wildman–Crippen MR) is 84.2 cm³/mol. The van der Waals surface area contributed by atoms with Crippen molar-refractivity contribution >= 4 is 18.0 Å². The van der Waals surface area contributed by atoms with Crippen molar-refractivity contribution in [1.82, 2.24) is 0 Å². The lowest BCUT2D eigenvalue weighted by Gasteiger charge is -2.21. The summed E-state index contributed by atoms with van der Waals surface area (Å²) in [6, 6.07) is 9.70. The van der Waals surface area contributed by atoms with Crippen LogP contribution in [0.15, 0.2) is 36.4 Å². The van der Waals surface area contributed by atoms with Crippen LogP contribution in [0.2, 0.25) is 0 Å². The molecule has 0 fully saturated rings. The zero-order chi connectivity index (χ0) is 15.6. The number of aromatic hydroxyl groups is 2. The molecule has 0 saturated carbocycles. The summed E-state index contributed by atoms with van der Waals surface area (Å²) in [7, 11) is -3.55. The highest BCUT2D eigenvalue weighted by atomic mass is 31.2. The molecule has 2 N–H and O–H groups in total. The van der Waals surface area contributed by atoms with Gasteiger partial charge in [-0.25, -0.2) is 0 Å². The van der Waals surface area contributed by atoms with Crippen LogP contribution in [0, 0.1) is 13.8 Å². The van der Waals surface area contributed by atoms with E-state index in [1.54, 1.807) is 31.2 Å². The van der Waals surface area contributed by atoms with Crippen LogP contribution >= 0.6 is 7.37 Å². The predicted octanol–water partition coefficient (Wildman–Crippen LogP) is 2.98. The highest BCUT2D eigenvalue weighted by molar-refractivity contribution is 7.74. The monoisotopic (exact) mass is 306 g/mol. The smallest absolute Gasteiger partial charge is 0.268 e. The van der Waals surface area contributed by atoms with Gasteiger partial charge in [-0.1, -0.05) is 23.3 Å². The van der Waals surface area contributed by atoms with Crippen LogP contribution < -0.4 is 10.6 Å². The van der Waals surface area contributed by atoms with Crippen molar-refractivity contribution in [2.24, 2.45) is 0 Å². The van der Waals surface area contributed by atoms with E-state index in [-0.39, 0.29) is 28.7 Å². The molecule has 0 aliphatic heterocycles. The summed E-state index contributed by atoms with van der Waals surface area (Å²) in [4.78, 5) is 0. The first kappa shape index (κ1) is 15.6. The quantitative estimate of drug-likeness (QED) is 0.852. The number of phenols is 2. The Labute approximate surface area is 124 Å². The van der Waals surface area contributed by atoms with Crippen LogP contribution in [0.5, 0.6) is 11.5 Å². The van der Waals surface area contributed by atoms with Gasteiger partial charge in [-0.05, 0) is 45.0 Å². The molecule has 0 radical (unpaired) electrons. The number of hydrogen-bond donors (Lipinski definition) is 2. The maximum atomic E-state index is 13.4. The molecule has 0 atom stereocenters. The van der Waals surface area contributed by atoms with Crippen molar-refractivity contribution < 1.29 is 19.3 Å². The summed E-state index contributed by atoms with van der Waals surface area (Å²) >= 11 is 0. The van der Waals surface area contributed by atoms with E-state index in [1.807, 2.05) is 13.8 Å². The largest absolute Gasteiger partial charge is 0.507 e. The van der Waals surface area contributed by atoms with E-state index >= 15 is 0 Å². The van der Waals surface area contributed by atoms with Crippen molar-refractivity contribution in [3.63, 3.8) is 0 Å². The second kappa shape index (κ2) is 5.92. The van der Waals surface area contributed by atoms with E-state index in [0.29, 0.717) is 0 Å². The number of aryl methyl sites for hydroxylation is 2. The second-order valence-electron chi connectivity index (χ2n) is 4.95. The summed E-state index contributed by atoms with van der Waals surface area (Å²) in [5.74, 6) is -0.198. The third kappa shape index (κ3) is 2.97. The van der Waals surface area contributed by atoms with Gasteiger partial charge >= 0.3 is 0 Å². The van der Waals surface area contributed by atoms with Crippen LogP contribution in [0.4, 0.5) is 0 Å². The average molecular weight is 306 g/mol. The Morgan fingerprint density at radius 1 is 0.952 bits per heavy atom. The van der Waals surface area contributed by atoms with Gasteiger partial charge in [-0.2, -0.15) is 0 Å². The Morgan fingerprint density at radius 2 is 1.38 bits per heavy atom. The first-order valence-electron chi connectivity index (χ1n) is 6.73. The van der Waals surface area contributed by atoms with Crippen LogP contribution in [0.25, 0.3) is 0 Å². The van der Waals surface area contributed by atoms with Crippen molar-refractivity contribution in [3.8, 4) is 11.5 Å². The lowest BCUT2D eigenvalue weighted by atomic mass is 10.2. The molecule has 0 heterocycles. The molecular formula is C16H19O4P. The van der Waals surface area contributed by atoms with E-state index in [4.69, 9.17) is 4.52 Å². The Balaban J connectivity index is 2.73. The number of hydrogen-bond acceptors (Lipinski definition) is 4. The fourth-order valence-electron chi connectivity index (χ4n) is 2.19. The van der Waals surface area contributed by atoms with E-state index in [1.165, 1.54) is 12.1 Å². The van der Waals surface area contributed by atoms with Crippen LogP contribution in [-0.4, -0.2) is 16.8 Å². The summed E-state index contributed by atoms with van der Waals surface area (Å²) in [5.41, 5.74) is 1.71. The number of phenolic OH excluding ortho intramolecular Hbond substituents is 2. The molecule has 0 spiro atoms. The molecule has 0 saturated heterocycles. The van der Waals surface area contributed by atoms with Crippen LogP contribution in [0.3, 0.4) is 0 Å². The molecule has 112 valence electrons. The van der Waals surface area contributed by atoms with Crippen molar-refractivity contribution in [2.75, 3.05) is 6.61 Å². The molecular weight excluding hydrogens is 287 g/mol. The van der Waals surface area contributed by atoms with Crippen molar-refractivity contribution in [1.29, 1.82) is 0 Å². The van der Waals surface area contributed by atoms with Gasteiger partial charge < -0.3 is 14.7 Å². The molecule has 0 amide bonds. The lowest BCUT2D eigenvalue weighted by molar-refractivity contribution is 0.346. The van der Waals surface area contributed by atoms with Crippen LogP contribution in [0.1, 0.15) is 18.1 Å². The highest BCUT2D eigenvalue weighted by Crippen LogP contribution is 2.49. The van der Waals surface area contributed by atoms with Crippen LogP contribution in [-0.2, 0) is 9.09 Å². The number of benzene rings is 2. The molecule has 0 aliphatic carbocycles. The molecule has 0 bridgehead atoms. The van der Waals surface area contributed by atoms with Crippen molar-refractivity contribution in [2.45, 2.75) is 20.8 Å². The zero-order valence-corrected chi connectivity index (χ0v) is 13.2.